The molecule has 0 aromatic heterocycles. The molecule has 0 unspecified atom stereocenters. The van der Waals surface area contributed by atoms with Crippen LogP contribution in [0.1, 0.15) is 33.6 Å². The highest BCUT2D eigenvalue weighted by atomic mass is 19.4. The van der Waals surface area contributed by atoms with E-state index in [0.29, 0.717) is 6.42 Å². The Labute approximate surface area is 66.0 Å². The van der Waals surface area contributed by atoms with Crippen LogP contribution in [0.3, 0.4) is 0 Å². The SMILES string of the molecule is CCC(C)(C)CCON(F)F. The molecular weight excluding hydrogens is 152 g/mol. The summed E-state index contributed by atoms with van der Waals surface area (Å²) in [5.74, 6) is 0. The van der Waals surface area contributed by atoms with Crippen LogP contribution >= 0.6 is 0 Å². The molecule has 0 rings (SSSR count). The number of rotatable bonds is 5. The molecule has 0 heterocycles. The van der Waals surface area contributed by atoms with E-state index < -0.39 is 5.51 Å². The van der Waals surface area contributed by atoms with Crippen LogP contribution in [-0.2, 0) is 4.84 Å². The molecule has 0 aliphatic carbocycles. The van der Waals surface area contributed by atoms with Gasteiger partial charge in [-0.1, -0.05) is 36.2 Å². The standard InChI is InChI=1S/C7H15F2NO/c1-4-7(2,3)5-6-11-10(8)9/h4-6H2,1-3H3. The summed E-state index contributed by atoms with van der Waals surface area (Å²) < 4.78 is 22.7. The van der Waals surface area contributed by atoms with Gasteiger partial charge in [0.15, 0.2) is 5.51 Å². The maximum Gasteiger partial charge on any atom is 0.159 e. The van der Waals surface area contributed by atoms with Gasteiger partial charge in [0.2, 0.25) is 0 Å². The average molecular weight is 167 g/mol. The van der Waals surface area contributed by atoms with Gasteiger partial charge in [-0.05, 0) is 11.8 Å². The van der Waals surface area contributed by atoms with Crippen molar-refractivity contribution in [3.63, 3.8) is 0 Å². The van der Waals surface area contributed by atoms with Gasteiger partial charge in [0.25, 0.3) is 0 Å². The number of hydrogen-bond acceptors (Lipinski definition) is 2. The Hall–Kier alpha value is -0.220. The normalized spacial score (nSPS) is 12.5. The lowest BCUT2D eigenvalue weighted by Crippen LogP contribution is -2.15. The molecule has 4 heteroatoms. The van der Waals surface area contributed by atoms with Crippen LogP contribution in [0.15, 0.2) is 0 Å². The predicted octanol–water partition coefficient (Wildman–Crippen LogP) is 2.82. The first-order chi connectivity index (χ1) is 4.98. The molecule has 0 aromatic carbocycles. The molecule has 0 bridgehead atoms. The lowest BCUT2D eigenvalue weighted by atomic mass is 9.87. The van der Waals surface area contributed by atoms with Crippen molar-refractivity contribution in [2.45, 2.75) is 33.6 Å². The van der Waals surface area contributed by atoms with E-state index in [2.05, 4.69) is 4.84 Å². The fraction of sp³-hybridized carbons (Fsp3) is 1.00. The van der Waals surface area contributed by atoms with Crippen molar-refractivity contribution in [1.82, 2.24) is 5.51 Å². The second-order valence-electron chi connectivity index (χ2n) is 3.30. The van der Waals surface area contributed by atoms with E-state index in [1.54, 1.807) is 0 Å². The molecule has 2 nitrogen and oxygen atoms in total. The van der Waals surface area contributed by atoms with Crippen LogP contribution in [0.5, 0.6) is 0 Å². The molecule has 0 aliphatic rings. The Morgan fingerprint density at radius 2 is 1.91 bits per heavy atom. The van der Waals surface area contributed by atoms with Crippen molar-refractivity contribution in [1.29, 1.82) is 0 Å². The van der Waals surface area contributed by atoms with Gasteiger partial charge in [0, 0.05) is 0 Å². The molecule has 0 amide bonds. The van der Waals surface area contributed by atoms with Crippen molar-refractivity contribution >= 4 is 0 Å². The van der Waals surface area contributed by atoms with E-state index >= 15 is 0 Å². The molecule has 68 valence electrons. The number of nitrogens with zero attached hydrogens (tertiary/aromatic N) is 1. The van der Waals surface area contributed by atoms with Crippen molar-refractivity contribution < 1.29 is 13.8 Å². The summed E-state index contributed by atoms with van der Waals surface area (Å²) in [6.07, 6.45) is 1.61. The largest absolute Gasteiger partial charge is 0.243 e. The fourth-order valence-corrected chi connectivity index (χ4v) is 0.568. The molecule has 0 aromatic rings. The second kappa shape index (κ2) is 4.62. The molecule has 0 aliphatic heterocycles. The average Bonchev–Trinajstić information content (AvgIpc) is 1.87. The predicted molar refractivity (Wildman–Crippen MR) is 38.7 cm³/mol. The van der Waals surface area contributed by atoms with Crippen LogP contribution in [0.4, 0.5) is 8.96 Å². The van der Waals surface area contributed by atoms with Crippen LogP contribution < -0.4 is 0 Å². The lowest BCUT2D eigenvalue weighted by molar-refractivity contribution is -0.392. The fourth-order valence-electron chi connectivity index (χ4n) is 0.568. The van der Waals surface area contributed by atoms with Crippen LogP contribution in [0, 0.1) is 5.41 Å². The van der Waals surface area contributed by atoms with Crippen LogP contribution in [-0.4, -0.2) is 12.1 Å². The maximum absolute atomic E-state index is 11.3. The quantitative estimate of drug-likeness (QED) is 0.461. The molecular formula is C7H15F2NO. The summed E-state index contributed by atoms with van der Waals surface area (Å²) in [5, 5.41) is 0. The first-order valence-corrected chi connectivity index (χ1v) is 3.72. The third-order valence-corrected chi connectivity index (χ3v) is 1.92. The van der Waals surface area contributed by atoms with Gasteiger partial charge < -0.3 is 0 Å². The summed E-state index contributed by atoms with van der Waals surface area (Å²) in [4.78, 5) is 3.98. The van der Waals surface area contributed by atoms with Crippen LogP contribution in [0.2, 0.25) is 0 Å². The minimum Gasteiger partial charge on any atom is -0.243 e. The minimum absolute atomic E-state index is 0.0772. The molecule has 0 saturated carbocycles. The highest BCUT2D eigenvalue weighted by Crippen LogP contribution is 2.24. The Morgan fingerprint density at radius 1 is 1.36 bits per heavy atom. The van der Waals surface area contributed by atoms with E-state index in [9.17, 15) is 8.96 Å². The Bertz CT molecular complexity index is 107. The second-order valence-corrected chi connectivity index (χ2v) is 3.30. The summed E-state index contributed by atoms with van der Waals surface area (Å²) >= 11 is 0. The monoisotopic (exact) mass is 167 g/mol. The van der Waals surface area contributed by atoms with Crippen molar-refractivity contribution in [3.8, 4) is 0 Å². The summed E-state index contributed by atoms with van der Waals surface area (Å²) in [6, 6.07) is 0. The first-order valence-electron chi connectivity index (χ1n) is 3.72. The number of hydrogen-bond donors (Lipinski definition) is 0. The highest BCUT2D eigenvalue weighted by molar-refractivity contribution is 4.64. The number of halogens is 2. The van der Waals surface area contributed by atoms with Crippen LogP contribution in [0.25, 0.3) is 0 Å². The van der Waals surface area contributed by atoms with Gasteiger partial charge in [-0.3, -0.25) is 0 Å². The summed E-state index contributed by atoms with van der Waals surface area (Å²) in [6.45, 7) is 6.16. The molecule has 0 fully saturated rings. The van der Waals surface area contributed by atoms with Gasteiger partial charge in [0.1, 0.15) is 0 Å². The van der Waals surface area contributed by atoms with Gasteiger partial charge >= 0.3 is 0 Å². The van der Waals surface area contributed by atoms with E-state index in [1.807, 2.05) is 20.8 Å². The van der Waals surface area contributed by atoms with Crippen molar-refractivity contribution in [2.75, 3.05) is 6.61 Å². The van der Waals surface area contributed by atoms with Crippen molar-refractivity contribution in [2.24, 2.45) is 5.41 Å². The van der Waals surface area contributed by atoms with Gasteiger partial charge in [0.05, 0.1) is 6.61 Å². The Morgan fingerprint density at radius 3 is 2.27 bits per heavy atom. The van der Waals surface area contributed by atoms with Gasteiger partial charge in [-0.15, -0.1) is 0 Å². The molecule has 0 spiro atoms. The van der Waals surface area contributed by atoms with Gasteiger partial charge in [-0.25, -0.2) is 4.84 Å². The smallest absolute Gasteiger partial charge is 0.159 e. The van der Waals surface area contributed by atoms with E-state index in [4.69, 9.17) is 0 Å². The maximum atomic E-state index is 11.3. The van der Waals surface area contributed by atoms with Gasteiger partial charge in [-0.2, -0.15) is 0 Å². The zero-order valence-electron chi connectivity index (χ0n) is 7.23. The summed E-state index contributed by atoms with van der Waals surface area (Å²) in [7, 11) is 0. The minimum atomic E-state index is -1.24. The molecule has 0 atom stereocenters. The molecule has 0 N–H and O–H groups in total. The Balaban J connectivity index is 3.38. The van der Waals surface area contributed by atoms with Crippen molar-refractivity contribution in [3.05, 3.63) is 0 Å². The zero-order chi connectivity index (χ0) is 8.91. The molecule has 0 saturated heterocycles. The lowest BCUT2D eigenvalue weighted by Gasteiger charge is -2.21. The molecule has 0 radical (unpaired) electrons. The Kier molecular flexibility index (Phi) is 4.52. The zero-order valence-corrected chi connectivity index (χ0v) is 7.23. The third kappa shape index (κ3) is 6.19. The third-order valence-electron chi connectivity index (χ3n) is 1.92. The highest BCUT2D eigenvalue weighted by Gasteiger charge is 2.15. The summed E-state index contributed by atoms with van der Waals surface area (Å²) in [5.41, 5.74) is -1.15. The molecule has 11 heavy (non-hydrogen) atoms. The van der Waals surface area contributed by atoms with E-state index in [0.717, 1.165) is 6.42 Å². The van der Waals surface area contributed by atoms with E-state index in [1.165, 1.54) is 0 Å². The van der Waals surface area contributed by atoms with E-state index in [-0.39, 0.29) is 12.0 Å². The first kappa shape index (κ1) is 10.8. The topological polar surface area (TPSA) is 12.5 Å².